The van der Waals surface area contributed by atoms with Crippen LogP contribution in [0.2, 0.25) is 0 Å². The average molecular weight is 320 g/mol. The monoisotopic (exact) mass is 320 g/mol. The molecule has 0 aliphatic heterocycles. The maximum Gasteiger partial charge on any atom is 0.215 e. The minimum Gasteiger partial charge on any atom is -0.399 e. The molecule has 114 valence electrons. The van der Waals surface area contributed by atoms with Crippen LogP contribution in [0.3, 0.4) is 0 Å². The summed E-state index contributed by atoms with van der Waals surface area (Å²) in [7, 11) is -3.46. The molecule has 1 rings (SSSR count). The number of sulfonamides is 1. The van der Waals surface area contributed by atoms with Crippen LogP contribution in [-0.4, -0.2) is 60.7 Å². The number of rotatable bonds is 9. The highest BCUT2D eigenvalue weighted by Crippen LogP contribution is 2.19. The summed E-state index contributed by atoms with van der Waals surface area (Å²) in [6.45, 7) is -0.500. The first-order valence-corrected chi connectivity index (χ1v) is 8.77. The lowest BCUT2D eigenvalue weighted by Gasteiger charge is -2.19. The number of thioether (sulfide) groups is 1. The fourth-order valence-electron chi connectivity index (χ4n) is 1.57. The Kier molecular flexibility index (Phi) is 7.31. The van der Waals surface area contributed by atoms with Crippen molar-refractivity contribution in [1.82, 2.24) is 4.31 Å². The fourth-order valence-corrected chi connectivity index (χ4v) is 4.29. The molecule has 20 heavy (non-hydrogen) atoms. The van der Waals surface area contributed by atoms with Gasteiger partial charge in [-0.2, -0.15) is 4.31 Å². The Labute approximate surface area is 123 Å². The van der Waals surface area contributed by atoms with Crippen molar-refractivity contribution in [2.45, 2.75) is 4.90 Å². The largest absolute Gasteiger partial charge is 0.399 e. The number of nitrogens with zero attached hydrogens (tertiary/aromatic N) is 1. The van der Waals surface area contributed by atoms with E-state index in [9.17, 15) is 8.42 Å². The Balaban J connectivity index is 2.51. The Hall–Kier alpha value is -0.800. The molecule has 0 saturated heterocycles. The minimum atomic E-state index is -3.46. The lowest BCUT2D eigenvalue weighted by molar-refractivity contribution is 0.217. The topological polar surface area (TPSA) is 104 Å². The van der Waals surface area contributed by atoms with Gasteiger partial charge < -0.3 is 15.9 Å². The van der Waals surface area contributed by atoms with Crippen LogP contribution in [0.1, 0.15) is 0 Å². The number of aliphatic hydroxyl groups is 2. The first-order valence-electron chi connectivity index (χ1n) is 6.17. The van der Waals surface area contributed by atoms with Crippen molar-refractivity contribution in [3.05, 3.63) is 24.3 Å². The second-order valence-electron chi connectivity index (χ2n) is 4.08. The minimum absolute atomic E-state index is 0.00936. The summed E-state index contributed by atoms with van der Waals surface area (Å²) in [4.78, 5) is 0.949. The highest BCUT2D eigenvalue weighted by molar-refractivity contribution is 8.00. The third kappa shape index (κ3) is 5.68. The van der Waals surface area contributed by atoms with Crippen molar-refractivity contribution in [2.24, 2.45) is 0 Å². The predicted molar refractivity (Wildman–Crippen MR) is 81.1 cm³/mol. The van der Waals surface area contributed by atoms with Crippen molar-refractivity contribution < 1.29 is 18.6 Å². The predicted octanol–water partition coefficient (Wildman–Crippen LogP) is -0.0227. The molecule has 0 aromatic heterocycles. The van der Waals surface area contributed by atoms with E-state index in [0.717, 1.165) is 9.20 Å². The Morgan fingerprint density at radius 3 is 2.15 bits per heavy atom. The summed E-state index contributed by atoms with van der Waals surface area (Å²) in [5, 5.41) is 17.7. The van der Waals surface area contributed by atoms with Crippen molar-refractivity contribution in [2.75, 3.05) is 43.5 Å². The van der Waals surface area contributed by atoms with Gasteiger partial charge in [0.15, 0.2) is 0 Å². The van der Waals surface area contributed by atoms with Gasteiger partial charge in [0, 0.05) is 29.4 Å². The molecule has 8 heteroatoms. The lowest BCUT2D eigenvalue weighted by atomic mass is 10.3. The highest BCUT2D eigenvalue weighted by atomic mass is 32.2. The van der Waals surface area contributed by atoms with Gasteiger partial charge in [-0.15, -0.1) is 11.8 Å². The van der Waals surface area contributed by atoms with Crippen LogP contribution in [0, 0.1) is 0 Å². The lowest BCUT2D eigenvalue weighted by Crippen LogP contribution is -2.37. The second-order valence-corrected chi connectivity index (χ2v) is 7.34. The first kappa shape index (κ1) is 17.3. The number of nitrogen functional groups attached to an aromatic ring is 1. The van der Waals surface area contributed by atoms with E-state index in [2.05, 4.69) is 0 Å². The van der Waals surface area contributed by atoms with Gasteiger partial charge in [0.1, 0.15) is 0 Å². The summed E-state index contributed by atoms with van der Waals surface area (Å²) in [6.07, 6.45) is 0. The number of anilines is 1. The molecule has 0 bridgehead atoms. The first-order chi connectivity index (χ1) is 9.49. The summed E-state index contributed by atoms with van der Waals surface area (Å²) < 4.78 is 25.2. The van der Waals surface area contributed by atoms with E-state index in [1.807, 2.05) is 12.1 Å². The third-order valence-electron chi connectivity index (χ3n) is 2.58. The summed E-state index contributed by atoms with van der Waals surface area (Å²) in [5.41, 5.74) is 6.24. The molecule has 0 aliphatic rings. The molecule has 0 atom stereocenters. The molecule has 1 aromatic carbocycles. The van der Waals surface area contributed by atoms with Crippen LogP contribution in [-0.2, 0) is 10.0 Å². The molecule has 0 spiro atoms. The fraction of sp³-hybridized carbons (Fsp3) is 0.500. The maximum atomic E-state index is 12.0. The van der Waals surface area contributed by atoms with Gasteiger partial charge in [-0.05, 0) is 24.3 Å². The maximum absolute atomic E-state index is 12.0. The standard InChI is InChI=1S/C12H20N2O4S2/c13-11-1-3-12(4-2-11)19-9-10-20(17,18)14(5-7-15)6-8-16/h1-4,15-16H,5-10,13H2. The van der Waals surface area contributed by atoms with Gasteiger partial charge in [0.2, 0.25) is 10.0 Å². The number of hydrogen-bond acceptors (Lipinski definition) is 6. The smallest absolute Gasteiger partial charge is 0.215 e. The van der Waals surface area contributed by atoms with E-state index in [1.54, 1.807) is 12.1 Å². The van der Waals surface area contributed by atoms with E-state index >= 15 is 0 Å². The summed E-state index contributed by atoms with van der Waals surface area (Å²) >= 11 is 1.42. The van der Waals surface area contributed by atoms with Gasteiger partial charge in [0.05, 0.1) is 19.0 Å². The van der Waals surface area contributed by atoms with Crippen LogP contribution in [0.4, 0.5) is 5.69 Å². The van der Waals surface area contributed by atoms with Crippen LogP contribution in [0.15, 0.2) is 29.2 Å². The number of aliphatic hydroxyl groups excluding tert-OH is 2. The molecule has 0 saturated carbocycles. The molecule has 4 N–H and O–H groups in total. The van der Waals surface area contributed by atoms with Crippen molar-refractivity contribution >= 4 is 27.5 Å². The van der Waals surface area contributed by atoms with Gasteiger partial charge in [0.25, 0.3) is 0 Å². The van der Waals surface area contributed by atoms with E-state index < -0.39 is 10.0 Å². The van der Waals surface area contributed by atoms with Crippen LogP contribution >= 0.6 is 11.8 Å². The molecule has 0 unspecified atom stereocenters. The normalized spacial score (nSPS) is 11.9. The van der Waals surface area contributed by atoms with Gasteiger partial charge >= 0.3 is 0 Å². The molecule has 0 amide bonds. The molecule has 0 aliphatic carbocycles. The van der Waals surface area contributed by atoms with Crippen molar-refractivity contribution in [3.8, 4) is 0 Å². The molecule has 6 nitrogen and oxygen atoms in total. The van der Waals surface area contributed by atoms with Crippen molar-refractivity contribution in [3.63, 3.8) is 0 Å². The third-order valence-corrected chi connectivity index (χ3v) is 5.73. The molecular formula is C12H20N2O4S2. The molecule has 0 radical (unpaired) electrons. The number of hydrogen-bond donors (Lipinski definition) is 3. The van der Waals surface area contributed by atoms with Gasteiger partial charge in [-0.3, -0.25) is 0 Å². The van der Waals surface area contributed by atoms with E-state index in [4.69, 9.17) is 15.9 Å². The quantitative estimate of drug-likeness (QED) is 0.436. The molecule has 1 aromatic rings. The zero-order valence-corrected chi connectivity index (χ0v) is 12.7. The summed E-state index contributed by atoms with van der Waals surface area (Å²) in [5.74, 6) is 0.363. The van der Waals surface area contributed by atoms with Crippen molar-refractivity contribution in [1.29, 1.82) is 0 Å². The van der Waals surface area contributed by atoms with Crippen LogP contribution in [0.5, 0.6) is 0 Å². The number of nitrogens with two attached hydrogens (primary N) is 1. The van der Waals surface area contributed by atoms with E-state index in [0.29, 0.717) is 11.4 Å². The SMILES string of the molecule is Nc1ccc(SCCS(=O)(=O)N(CCO)CCO)cc1. The van der Waals surface area contributed by atoms with E-state index in [-0.39, 0.29) is 32.1 Å². The van der Waals surface area contributed by atoms with Crippen LogP contribution < -0.4 is 5.73 Å². The van der Waals surface area contributed by atoms with E-state index in [1.165, 1.54) is 11.8 Å². The Bertz CT molecular complexity index is 485. The molecular weight excluding hydrogens is 300 g/mol. The van der Waals surface area contributed by atoms with Gasteiger partial charge in [-0.25, -0.2) is 8.42 Å². The molecule has 0 fully saturated rings. The zero-order chi connectivity index (χ0) is 15.0. The number of benzene rings is 1. The Morgan fingerprint density at radius 1 is 1.10 bits per heavy atom. The zero-order valence-electron chi connectivity index (χ0n) is 11.1. The van der Waals surface area contributed by atoms with Crippen LogP contribution in [0.25, 0.3) is 0 Å². The molecule has 0 heterocycles. The Morgan fingerprint density at radius 2 is 1.65 bits per heavy atom. The highest BCUT2D eigenvalue weighted by Gasteiger charge is 2.20. The second kappa shape index (κ2) is 8.48. The van der Waals surface area contributed by atoms with Gasteiger partial charge in [-0.1, -0.05) is 0 Å². The average Bonchev–Trinajstić information content (AvgIpc) is 2.41. The summed E-state index contributed by atoms with van der Waals surface area (Å²) in [6, 6.07) is 7.21.